The van der Waals surface area contributed by atoms with E-state index < -0.39 is 0 Å². The molecule has 0 heterocycles. The molecular weight excluding hydrogens is 249 g/mol. The van der Waals surface area contributed by atoms with Gasteiger partial charge in [0.05, 0.1) is 0 Å². The summed E-state index contributed by atoms with van der Waals surface area (Å²) >= 11 is 0. The van der Waals surface area contributed by atoms with E-state index in [1.54, 1.807) is 0 Å². The second kappa shape index (κ2) is 18.1. The molecule has 0 rings (SSSR count). The Bertz CT molecular complexity index is 8.00. The standard InChI is InChI=1S/Al.Ga.H3P.Sb.8H/h;;1H3;;;;;;;;;. The summed E-state index contributed by atoms with van der Waals surface area (Å²) in [6, 6.07) is 0. The van der Waals surface area contributed by atoms with Crippen molar-refractivity contribution in [3.63, 3.8) is 0 Å². The zero-order valence-electron chi connectivity index (χ0n) is 1.28. The molecule has 0 aromatic rings. The predicted octanol–water partition coefficient (Wildman–Crippen LogP) is -3.23. The van der Waals surface area contributed by atoms with Crippen LogP contribution in [0.25, 0.3) is 0 Å². The Kier molecular flexibility index (Phi) is 146. The molecule has 1 radical (unpaired) electrons. The van der Waals surface area contributed by atoms with Gasteiger partial charge in [0.1, 0.15) is 0 Å². The number of rotatable bonds is 0. The average molecular weight is 261 g/mol. The van der Waals surface area contributed by atoms with Gasteiger partial charge in [-0.3, -0.25) is 0 Å². The third kappa shape index (κ3) is 8.83. The third-order valence-corrected chi connectivity index (χ3v) is 0. The van der Waals surface area contributed by atoms with Crippen LogP contribution >= 0.6 is 9.90 Å². The summed E-state index contributed by atoms with van der Waals surface area (Å²) in [5, 5.41) is 0. The van der Waals surface area contributed by atoms with Crippen LogP contribution in [-0.4, -0.2) is 61.6 Å². The molecule has 27 valence electrons. The van der Waals surface area contributed by atoms with E-state index in [0.717, 1.165) is 0 Å². The molecule has 0 N–H and O–H groups in total. The van der Waals surface area contributed by atoms with Crippen molar-refractivity contribution in [2.24, 2.45) is 0 Å². The van der Waals surface area contributed by atoms with Crippen molar-refractivity contribution in [1.82, 2.24) is 0 Å². The Morgan fingerprint density at radius 2 is 1.00 bits per heavy atom. The van der Waals surface area contributed by atoms with Gasteiger partial charge in [-0.15, -0.1) is 0 Å². The molecule has 0 aromatic heterocycles. The van der Waals surface area contributed by atoms with Crippen LogP contribution in [0.4, 0.5) is 0 Å². The van der Waals surface area contributed by atoms with Crippen molar-refractivity contribution in [3.8, 4) is 0 Å². The van der Waals surface area contributed by atoms with Crippen LogP contribution in [0.15, 0.2) is 0 Å². The van der Waals surface area contributed by atoms with Gasteiger partial charge in [-0.05, 0) is 0 Å². The van der Waals surface area contributed by atoms with Crippen molar-refractivity contribution in [1.29, 1.82) is 0 Å². The first-order chi connectivity index (χ1) is 0. The van der Waals surface area contributed by atoms with Crippen LogP contribution < -0.4 is 0 Å². The van der Waals surface area contributed by atoms with Crippen molar-refractivity contribution < 1.29 is 0 Å². The summed E-state index contributed by atoms with van der Waals surface area (Å²) < 4.78 is 0. The van der Waals surface area contributed by atoms with E-state index in [1.165, 1.54) is 0 Å². The molecule has 4 heavy (non-hydrogen) atoms. The first-order valence-electron chi connectivity index (χ1n) is 0. The third-order valence-electron chi connectivity index (χ3n) is 0. The molecular formula is H11AlGaPSb. The second-order valence-corrected chi connectivity index (χ2v) is 0. The predicted molar refractivity (Wildman–Crippen MR) is 39.5 cm³/mol. The molecule has 0 aliphatic heterocycles. The molecule has 0 amide bonds. The topological polar surface area (TPSA) is 0 Å². The maximum absolute atomic E-state index is 0. The summed E-state index contributed by atoms with van der Waals surface area (Å²) in [5.74, 6) is 0. The monoisotopic (exact) mass is 259 g/mol. The van der Waals surface area contributed by atoms with E-state index >= 15 is 0 Å². The maximum atomic E-state index is 0. The molecule has 1 atom stereocenters. The Balaban J connectivity index is 0. The van der Waals surface area contributed by atoms with Crippen molar-refractivity contribution in [2.75, 3.05) is 0 Å². The zero-order valence-corrected chi connectivity index (χ0v) is 5.99. The summed E-state index contributed by atoms with van der Waals surface area (Å²) in [4.78, 5) is 0. The Morgan fingerprint density at radius 1 is 1.00 bits per heavy atom. The van der Waals surface area contributed by atoms with Crippen LogP contribution in [0.2, 0.25) is 0 Å². The van der Waals surface area contributed by atoms with E-state index in [9.17, 15) is 0 Å². The molecule has 0 spiro atoms. The summed E-state index contributed by atoms with van der Waals surface area (Å²) in [5.41, 5.74) is 0. The summed E-state index contributed by atoms with van der Waals surface area (Å²) in [7, 11) is 0. The van der Waals surface area contributed by atoms with E-state index in [1.807, 2.05) is 0 Å². The van der Waals surface area contributed by atoms with Crippen LogP contribution in [-0.2, 0) is 0 Å². The van der Waals surface area contributed by atoms with Gasteiger partial charge in [0.2, 0.25) is 0 Å². The molecule has 0 aliphatic carbocycles. The van der Waals surface area contributed by atoms with Crippen LogP contribution in [0.3, 0.4) is 0 Å². The van der Waals surface area contributed by atoms with Crippen LogP contribution in [0, 0.1) is 0 Å². The normalized spacial score (nSPS) is 0. The van der Waals surface area contributed by atoms with Crippen molar-refractivity contribution in [2.45, 2.75) is 0 Å². The average Bonchev–Trinajstić information content (AvgIpc) is 0. The number of hydrogen-bond donors (Lipinski definition) is 0. The minimum atomic E-state index is 0. The van der Waals surface area contributed by atoms with Crippen LogP contribution in [0.5, 0.6) is 0 Å². The SMILES string of the molecule is P.[AlH3].[GaH3].[SbH2]. The Labute approximate surface area is 70.7 Å². The summed E-state index contributed by atoms with van der Waals surface area (Å²) in [6.45, 7) is 0. The molecule has 0 fully saturated rings. The zero-order chi connectivity index (χ0) is 0. The molecule has 0 aromatic carbocycles. The van der Waals surface area contributed by atoms with E-state index in [2.05, 4.69) is 0 Å². The van der Waals surface area contributed by atoms with Crippen molar-refractivity contribution in [3.05, 3.63) is 0 Å². The molecule has 0 bridgehead atoms. The van der Waals surface area contributed by atoms with Gasteiger partial charge in [0, 0.05) is 0 Å². The molecule has 0 saturated heterocycles. The van der Waals surface area contributed by atoms with Gasteiger partial charge in [0.25, 0.3) is 0 Å². The Hall–Kier alpha value is 2.42. The molecule has 1 unspecified atom stereocenters. The molecule has 4 heteroatoms. The van der Waals surface area contributed by atoms with E-state index in [-0.39, 0.29) is 71.5 Å². The van der Waals surface area contributed by atoms with Gasteiger partial charge in [-0.1, -0.05) is 0 Å². The number of hydrogen-bond acceptors (Lipinski definition) is 0. The fourth-order valence-corrected chi connectivity index (χ4v) is 0. The van der Waals surface area contributed by atoms with Gasteiger partial charge in [0.15, 0.2) is 17.4 Å². The summed E-state index contributed by atoms with van der Waals surface area (Å²) in [6.07, 6.45) is 0. The van der Waals surface area contributed by atoms with Gasteiger partial charge < -0.3 is 0 Å². The molecule has 0 aliphatic rings. The van der Waals surface area contributed by atoms with Gasteiger partial charge in [-0.2, -0.15) is 9.90 Å². The van der Waals surface area contributed by atoms with Gasteiger partial charge >= 0.3 is 44.2 Å². The minimum absolute atomic E-state index is 0. The van der Waals surface area contributed by atoms with E-state index in [4.69, 9.17) is 0 Å². The van der Waals surface area contributed by atoms with Crippen molar-refractivity contribution >= 4 is 71.5 Å². The van der Waals surface area contributed by atoms with Crippen LogP contribution in [0.1, 0.15) is 0 Å². The molecule has 0 saturated carbocycles. The van der Waals surface area contributed by atoms with Gasteiger partial charge in [-0.25, -0.2) is 0 Å². The second-order valence-electron chi connectivity index (χ2n) is 0. The first kappa shape index (κ1) is 32.2. The Morgan fingerprint density at radius 3 is 1.00 bits per heavy atom. The fourth-order valence-electron chi connectivity index (χ4n) is 0. The first-order valence-corrected chi connectivity index (χ1v) is 0. The quantitative estimate of drug-likeness (QED) is 0.317. The van der Waals surface area contributed by atoms with E-state index in [0.29, 0.717) is 0 Å². The molecule has 0 nitrogen and oxygen atoms in total. The fraction of sp³-hybridized carbons (Fsp3) is 0.